The van der Waals surface area contributed by atoms with Crippen molar-refractivity contribution in [1.29, 1.82) is 0 Å². The van der Waals surface area contributed by atoms with Crippen molar-refractivity contribution in [2.24, 2.45) is 0 Å². The van der Waals surface area contributed by atoms with Crippen LogP contribution >= 0.6 is 23.2 Å². The fourth-order valence-electron chi connectivity index (χ4n) is 1.62. The second-order valence-electron chi connectivity index (χ2n) is 4.42. The molecule has 0 aliphatic rings. The topological polar surface area (TPSA) is 64.7 Å². The van der Waals surface area contributed by atoms with Gasteiger partial charge in [0.05, 0.1) is 5.02 Å². The lowest BCUT2D eigenvalue weighted by molar-refractivity contribution is 0.0627. The van der Waals surface area contributed by atoms with Gasteiger partial charge in [-0.2, -0.15) is 0 Å². The number of hydrogen-bond donors (Lipinski definition) is 2. The van der Waals surface area contributed by atoms with Gasteiger partial charge >= 0.3 is 0 Å². The van der Waals surface area contributed by atoms with Crippen LogP contribution in [0.15, 0.2) is 42.5 Å². The summed E-state index contributed by atoms with van der Waals surface area (Å²) >= 11 is 11.8. The highest BCUT2D eigenvalue weighted by Gasteiger charge is 2.09. The second kappa shape index (κ2) is 7.41. The van der Waals surface area contributed by atoms with Crippen LogP contribution < -0.4 is 15.2 Å². The molecule has 0 spiro atoms. The Morgan fingerprint density at radius 3 is 2.57 bits per heavy atom. The summed E-state index contributed by atoms with van der Waals surface area (Å²) in [6.45, 7) is 0.129. The van der Waals surface area contributed by atoms with Crippen molar-refractivity contribution >= 4 is 28.9 Å². The van der Waals surface area contributed by atoms with E-state index in [0.717, 1.165) is 0 Å². The lowest BCUT2D eigenvalue weighted by Crippen LogP contribution is -2.25. The fraction of sp³-hybridized carbons (Fsp3) is 0.200. The van der Waals surface area contributed by atoms with E-state index in [1.54, 1.807) is 42.5 Å². The highest BCUT2D eigenvalue weighted by molar-refractivity contribution is 6.34. The van der Waals surface area contributed by atoms with E-state index in [-0.39, 0.29) is 13.2 Å². The van der Waals surface area contributed by atoms with Crippen LogP contribution in [0.4, 0.5) is 5.69 Å². The first-order valence-corrected chi connectivity index (χ1v) is 7.04. The number of benzene rings is 2. The van der Waals surface area contributed by atoms with Crippen LogP contribution in [0.2, 0.25) is 10.0 Å². The number of anilines is 1. The number of nitrogens with two attached hydrogens (primary N) is 1. The van der Waals surface area contributed by atoms with Gasteiger partial charge in [0.2, 0.25) is 0 Å². The maximum Gasteiger partial charge on any atom is 0.139 e. The standard InChI is InChI=1S/C15H15Cl2NO3/c16-10-4-5-14(17)15(6-10)21-9-12(19)8-20-13-3-1-2-11(18)7-13/h1-7,12,19H,8-9,18H2. The minimum atomic E-state index is -0.804. The molecule has 0 amide bonds. The van der Waals surface area contributed by atoms with E-state index in [4.69, 9.17) is 38.4 Å². The molecular formula is C15H15Cl2NO3. The molecule has 2 aromatic carbocycles. The normalized spacial score (nSPS) is 12.0. The number of ether oxygens (including phenoxy) is 2. The molecule has 3 N–H and O–H groups in total. The summed E-state index contributed by atoms with van der Waals surface area (Å²) in [4.78, 5) is 0. The largest absolute Gasteiger partial charge is 0.491 e. The minimum Gasteiger partial charge on any atom is -0.491 e. The van der Waals surface area contributed by atoms with E-state index >= 15 is 0 Å². The predicted molar refractivity (Wildman–Crippen MR) is 84.3 cm³/mol. The average Bonchev–Trinajstić information content (AvgIpc) is 2.46. The second-order valence-corrected chi connectivity index (χ2v) is 5.27. The zero-order valence-corrected chi connectivity index (χ0v) is 12.6. The lowest BCUT2D eigenvalue weighted by atomic mass is 10.3. The average molecular weight is 328 g/mol. The number of hydrogen-bond acceptors (Lipinski definition) is 4. The Morgan fingerprint density at radius 1 is 1.05 bits per heavy atom. The van der Waals surface area contributed by atoms with Gasteiger partial charge in [0, 0.05) is 22.8 Å². The number of aliphatic hydroxyl groups is 1. The van der Waals surface area contributed by atoms with Gasteiger partial charge in [-0.15, -0.1) is 0 Å². The molecule has 0 aliphatic carbocycles. The van der Waals surface area contributed by atoms with Gasteiger partial charge in [-0.25, -0.2) is 0 Å². The number of aliphatic hydroxyl groups excluding tert-OH is 1. The van der Waals surface area contributed by atoms with Crippen molar-refractivity contribution in [3.63, 3.8) is 0 Å². The third-order valence-electron chi connectivity index (χ3n) is 2.62. The molecule has 0 saturated heterocycles. The molecule has 2 aromatic rings. The fourth-order valence-corrected chi connectivity index (χ4v) is 1.95. The van der Waals surface area contributed by atoms with Gasteiger partial charge in [-0.1, -0.05) is 29.3 Å². The SMILES string of the molecule is Nc1cccc(OCC(O)COc2cc(Cl)ccc2Cl)c1. The van der Waals surface area contributed by atoms with Crippen LogP contribution in [-0.4, -0.2) is 24.4 Å². The number of nitrogen functional groups attached to an aromatic ring is 1. The number of halogens is 2. The molecule has 1 atom stereocenters. The Labute approximate surface area is 133 Å². The third-order valence-corrected chi connectivity index (χ3v) is 3.17. The van der Waals surface area contributed by atoms with Gasteiger partial charge in [0.15, 0.2) is 0 Å². The van der Waals surface area contributed by atoms with Gasteiger partial charge < -0.3 is 20.3 Å². The van der Waals surface area contributed by atoms with Gasteiger partial charge in [-0.05, 0) is 24.3 Å². The Balaban J connectivity index is 1.82. The summed E-state index contributed by atoms with van der Waals surface area (Å²) in [5, 5.41) is 10.8. The first-order chi connectivity index (χ1) is 10.0. The molecule has 0 aromatic heterocycles. The molecule has 21 heavy (non-hydrogen) atoms. The first-order valence-electron chi connectivity index (χ1n) is 6.29. The monoisotopic (exact) mass is 327 g/mol. The van der Waals surface area contributed by atoms with Crippen LogP contribution in [0.1, 0.15) is 0 Å². The molecule has 112 valence electrons. The molecule has 0 heterocycles. The lowest BCUT2D eigenvalue weighted by Gasteiger charge is -2.14. The van der Waals surface area contributed by atoms with Crippen LogP contribution in [0, 0.1) is 0 Å². The van der Waals surface area contributed by atoms with Gasteiger partial charge in [-0.3, -0.25) is 0 Å². The predicted octanol–water partition coefficient (Wildman–Crippen LogP) is 3.39. The van der Waals surface area contributed by atoms with Gasteiger partial charge in [0.25, 0.3) is 0 Å². The molecule has 0 aliphatic heterocycles. The van der Waals surface area contributed by atoms with E-state index in [2.05, 4.69) is 0 Å². The zero-order chi connectivity index (χ0) is 15.2. The van der Waals surface area contributed by atoms with E-state index in [9.17, 15) is 5.11 Å². The quantitative estimate of drug-likeness (QED) is 0.798. The molecule has 2 rings (SSSR count). The summed E-state index contributed by atoms with van der Waals surface area (Å²) in [6.07, 6.45) is -0.804. The minimum absolute atomic E-state index is 0.0440. The van der Waals surface area contributed by atoms with Crippen molar-refractivity contribution in [1.82, 2.24) is 0 Å². The Bertz CT molecular complexity index is 607. The molecule has 0 saturated carbocycles. The van der Waals surface area contributed by atoms with E-state index in [1.807, 2.05) is 0 Å². The number of rotatable bonds is 6. The summed E-state index contributed by atoms with van der Waals surface area (Å²) in [7, 11) is 0. The highest BCUT2D eigenvalue weighted by Crippen LogP contribution is 2.27. The van der Waals surface area contributed by atoms with Crippen molar-refractivity contribution in [2.75, 3.05) is 18.9 Å². The summed E-state index contributed by atoms with van der Waals surface area (Å²) in [5.41, 5.74) is 6.24. The van der Waals surface area contributed by atoms with E-state index in [0.29, 0.717) is 27.2 Å². The van der Waals surface area contributed by atoms with E-state index in [1.165, 1.54) is 0 Å². The van der Waals surface area contributed by atoms with Crippen molar-refractivity contribution in [2.45, 2.75) is 6.10 Å². The van der Waals surface area contributed by atoms with Crippen molar-refractivity contribution in [3.8, 4) is 11.5 Å². The molecule has 4 nitrogen and oxygen atoms in total. The third kappa shape index (κ3) is 5.01. The molecule has 1 unspecified atom stereocenters. The summed E-state index contributed by atoms with van der Waals surface area (Å²) in [5.74, 6) is 1.02. The van der Waals surface area contributed by atoms with Crippen molar-refractivity contribution in [3.05, 3.63) is 52.5 Å². The van der Waals surface area contributed by atoms with E-state index < -0.39 is 6.10 Å². The molecule has 6 heteroatoms. The highest BCUT2D eigenvalue weighted by atomic mass is 35.5. The Hall–Kier alpha value is -1.62. The maximum atomic E-state index is 9.84. The molecule has 0 bridgehead atoms. The summed E-state index contributed by atoms with van der Waals surface area (Å²) < 4.78 is 10.8. The van der Waals surface area contributed by atoms with Crippen LogP contribution in [-0.2, 0) is 0 Å². The van der Waals surface area contributed by atoms with Gasteiger partial charge in [0.1, 0.15) is 30.8 Å². The zero-order valence-electron chi connectivity index (χ0n) is 11.1. The summed E-state index contributed by atoms with van der Waals surface area (Å²) in [6, 6.07) is 11.9. The van der Waals surface area contributed by atoms with Crippen molar-refractivity contribution < 1.29 is 14.6 Å². The van der Waals surface area contributed by atoms with Crippen LogP contribution in [0.3, 0.4) is 0 Å². The molecular weight excluding hydrogens is 313 g/mol. The maximum absolute atomic E-state index is 9.84. The smallest absolute Gasteiger partial charge is 0.139 e. The Morgan fingerprint density at radius 2 is 1.81 bits per heavy atom. The molecule has 0 radical (unpaired) electrons. The van der Waals surface area contributed by atoms with Crippen LogP contribution in [0.5, 0.6) is 11.5 Å². The molecule has 0 fully saturated rings. The first kappa shape index (κ1) is 15.8. The Kier molecular flexibility index (Phi) is 5.56. The van der Waals surface area contributed by atoms with Crippen LogP contribution in [0.25, 0.3) is 0 Å².